The highest BCUT2D eigenvalue weighted by Crippen LogP contribution is 2.31. The molecule has 0 atom stereocenters. The summed E-state index contributed by atoms with van der Waals surface area (Å²) < 4.78 is 15.8. The molecule has 3 heterocycles. The maximum atomic E-state index is 14.0. The number of phenols is 1. The van der Waals surface area contributed by atoms with Crippen molar-refractivity contribution in [2.24, 2.45) is 0 Å². The van der Waals surface area contributed by atoms with Crippen LogP contribution in [-0.2, 0) is 6.42 Å². The van der Waals surface area contributed by atoms with Crippen LogP contribution in [0.3, 0.4) is 0 Å². The Kier molecular flexibility index (Phi) is 4.05. The summed E-state index contributed by atoms with van der Waals surface area (Å²) >= 11 is 0. The van der Waals surface area contributed by atoms with Gasteiger partial charge in [-0.25, -0.2) is 24.3 Å². The van der Waals surface area contributed by atoms with E-state index in [4.69, 9.17) is 0 Å². The minimum atomic E-state index is -0.679. The molecule has 0 bridgehead atoms. The minimum Gasteiger partial charge on any atom is -0.503 e. The maximum absolute atomic E-state index is 14.0. The second-order valence-corrected chi connectivity index (χ2v) is 6.46. The molecule has 3 aromatic heterocycles. The van der Waals surface area contributed by atoms with E-state index >= 15 is 0 Å². The van der Waals surface area contributed by atoms with Gasteiger partial charge in [-0.1, -0.05) is 18.2 Å². The van der Waals surface area contributed by atoms with Gasteiger partial charge in [-0.3, -0.25) is 4.57 Å². The van der Waals surface area contributed by atoms with Crippen LogP contribution in [0, 0.1) is 5.82 Å². The molecule has 8 nitrogen and oxygen atoms in total. The van der Waals surface area contributed by atoms with Crippen LogP contribution in [0.15, 0.2) is 55.1 Å². The van der Waals surface area contributed by atoms with Gasteiger partial charge in [0.1, 0.15) is 23.2 Å². The number of anilines is 1. The monoisotopic (exact) mass is 389 g/mol. The molecule has 144 valence electrons. The summed E-state index contributed by atoms with van der Waals surface area (Å²) in [5.41, 5.74) is 2.98. The Bertz CT molecular complexity index is 1310. The van der Waals surface area contributed by atoms with Crippen LogP contribution < -0.4 is 5.32 Å². The van der Waals surface area contributed by atoms with E-state index in [0.29, 0.717) is 41.3 Å². The molecule has 0 aliphatic carbocycles. The first-order valence-corrected chi connectivity index (χ1v) is 9.04. The van der Waals surface area contributed by atoms with Crippen LogP contribution in [-0.4, -0.2) is 41.1 Å². The average molecular weight is 389 g/mol. The van der Waals surface area contributed by atoms with Gasteiger partial charge in [0, 0.05) is 18.7 Å². The van der Waals surface area contributed by atoms with Crippen molar-refractivity contribution in [2.45, 2.75) is 6.42 Å². The van der Waals surface area contributed by atoms with Crippen molar-refractivity contribution in [1.29, 1.82) is 0 Å². The lowest BCUT2D eigenvalue weighted by molar-refractivity contribution is 0.437. The summed E-state index contributed by atoms with van der Waals surface area (Å²) in [5.74, 6) is 0.244. The second kappa shape index (κ2) is 6.86. The Hall–Kier alpha value is -4.01. The highest BCUT2D eigenvalue weighted by atomic mass is 19.1. The number of nitrogens with one attached hydrogen (secondary N) is 2. The van der Waals surface area contributed by atoms with Gasteiger partial charge in [0.2, 0.25) is 0 Å². The molecule has 0 unspecified atom stereocenters. The van der Waals surface area contributed by atoms with Crippen LogP contribution in [0.1, 0.15) is 5.82 Å². The van der Waals surface area contributed by atoms with Crippen molar-refractivity contribution in [3.05, 3.63) is 66.8 Å². The number of aromatic hydroxyl groups is 1. The van der Waals surface area contributed by atoms with Crippen molar-refractivity contribution in [2.75, 3.05) is 11.9 Å². The highest BCUT2D eigenvalue weighted by Gasteiger charge is 2.18. The second-order valence-electron chi connectivity index (χ2n) is 6.46. The molecule has 3 N–H and O–H groups in total. The fourth-order valence-electron chi connectivity index (χ4n) is 3.39. The molecule has 29 heavy (non-hydrogen) atoms. The molecular formula is C20H16FN7O. The quantitative estimate of drug-likeness (QED) is 0.426. The topological polar surface area (TPSA) is 105 Å². The number of H-pyrrole nitrogens is 1. The van der Waals surface area contributed by atoms with Gasteiger partial charge < -0.3 is 15.4 Å². The van der Waals surface area contributed by atoms with E-state index in [0.717, 1.165) is 11.2 Å². The molecule has 5 aromatic rings. The van der Waals surface area contributed by atoms with Crippen molar-refractivity contribution in [3.63, 3.8) is 0 Å². The summed E-state index contributed by atoms with van der Waals surface area (Å²) in [4.78, 5) is 20.1. The minimum absolute atomic E-state index is 0.351. The van der Waals surface area contributed by atoms with Crippen LogP contribution >= 0.6 is 0 Å². The Morgan fingerprint density at radius 3 is 2.79 bits per heavy atom. The smallest absolute Gasteiger partial charge is 0.182 e. The van der Waals surface area contributed by atoms with Crippen molar-refractivity contribution in [1.82, 2.24) is 29.5 Å². The molecule has 0 saturated heterocycles. The van der Waals surface area contributed by atoms with E-state index in [9.17, 15) is 9.50 Å². The molecule has 0 fully saturated rings. The van der Waals surface area contributed by atoms with Crippen LogP contribution in [0.5, 0.6) is 5.75 Å². The normalized spacial score (nSPS) is 11.3. The summed E-state index contributed by atoms with van der Waals surface area (Å²) in [6, 6.07) is 12.2. The van der Waals surface area contributed by atoms with E-state index < -0.39 is 11.6 Å². The lowest BCUT2D eigenvalue weighted by Gasteiger charge is -2.11. The SMILES string of the molecule is Oc1c(F)ccc2nc(CCNc3ncnc4nc[nH]c34)n(-c3ccccc3)c12. The first-order chi connectivity index (χ1) is 14.2. The van der Waals surface area contributed by atoms with Crippen LogP contribution in [0.2, 0.25) is 0 Å². The Balaban J connectivity index is 1.51. The lowest BCUT2D eigenvalue weighted by Crippen LogP contribution is -2.11. The van der Waals surface area contributed by atoms with E-state index in [1.54, 1.807) is 17.0 Å². The molecule has 2 aromatic carbocycles. The van der Waals surface area contributed by atoms with Gasteiger partial charge in [-0.05, 0) is 24.3 Å². The fourth-order valence-corrected chi connectivity index (χ4v) is 3.39. The number of nitrogens with zero attached hydrogens (tertiary/aromatic N) is 5. The fraction of sp³-hybridized carbons (Fsp3) is 0.100. The molecule has 0 saturated carbocycles. The Labute approximate surface area is 164 Å². The van der Waals surface area contributed by atoms with Gasteiger partial charge in [0.05, 0.1) is 11.8 Å². The zero-order chi connectivity index (χ0) is 19.8. The van der Waals surface area contributed by atoms with Crippen LogP contribution in [0.25, 0.3) is 27.9 Å². The van der Waals surface area contributed by atoms with E-state index in [1.165, 1.54) is 12.4 Å². The molecule has 9 heteroatoms. The largest absolute Gasteiger partial charge is 0.503 e. The lowest BCUT2D eigenvalue weighted by atomic mass is 10.2. The van der Waals surface area contributed by atoms with Crippen LogP contribution in [0.4, 0.5) is 10.2 Å². The Morgan fingerprint density at radius 2 is 1.93 bits per heavy atom. The summed E-state index contributed by atoms with van der Waals surface area (Å²) in [6.45, 7) is 0.518. The Morgan fingerprint density at radius 1 is 1.07 bits per heavy atom. The van der Waals surface area contributed by atoms with Gasteiger partial charge in [-0.2, -0.15) is 0 Å². The summed E-state index contributed by atoms with van der Waals surface area (Å²) in [6.07, 6.45) is 3.53. The standard InChI is InChI=1S/C20H16FN7O/c21-13-6-7-14-17(18(13)29)28(12-4-2-1-3-5-12)15(27-14)8-9-22-19-16-20(24-10-23-16)26-11-25-19/h1-7,10-11,29H,8-9H2,(H2,22,23,24,25,26). The predicted molar refractivity (Wildman–Crippen MR) is 107 cm³/mol. The zero-order valence-corrected chi connectivity index (χ0v) is 15.2. The summed E-state index contributed by atoms with van der Waals surface area (Å²) in [7, 11) is 0. The number of hydrogen-bond acceptors (Lipinski definition) is 6. The number of aromatic amines is 1. The molecule has 0 aliphatic heterocycles. The maximum Gasteiger partial charge on any atom is 0.182 e. The zero-order valence-electron chi connectivity index (χ0n) is 15.2. The molecule has 0 aliphatic rings. The number of rotatable bonds is 5. The number of aromatic nitrogens is 6. The first kappa shape index (κ1) is 17.1. The molecule has 0 radical (unpaired) electrons. The van der Waals surface area contributed by atoms with Gasteiger partial charge in [0.25, 0.3) is 0 Å². The van der Waals surface area contributed by atoms with Gasteiger partial charge >= 0.3 is 0 Å². The number of hydrogen-bond donors (Lipinski definition) is 3. The predicted octanol–water partition coefficient (Wildman–Crippen LogP) is 3.19. The van der Waals surface area contributed by atoms with E-state index in [2.05, 4.69) is 30.2 Å². The third-order valence-corrected chi connectivity index (χ3v) is 4.69. The molecule has 0 amide bonds. The number of phenolic OH excluding ortho intramolecular Hbond substituents is 1. The molecule has 0 spiro atoms. The number of benzene rings is 2. The highest BCUT2D eigenvalue weighted by molar-refractivity contribution is 5.85. The summed E-state index contributed by atoms with van der Waals surface area (Å²) in [5, 5.41) is 13.6. The average Bonchev–Trinajstić information content (AvgIpc) is 3.37. The van der Waals surface area contributed by atoms with Crippen molar-refractivity contribution in [3.8, 4) is 11.4 Å². The molecule has 5 rings (SSSR count). The van der Waals surface area contributed by atoms with Gasteiger partial charge in [-0.15, -0.1) is 0 Å². The van der Waals surface area contributed by atoms with E-state index in [1.807, 2.05) is 30.3 Å². The number of fused-ring (bicyclic) bond motifs is 2. The molecular weight excluding hydrogens is 373 g/mol. The van der Waals surface area contributed by atoms with E-state index in [-0.39, 0.29) is 0 Å². The van der Waals surface area contributed by atoms with Gasteiger partial charge in [0.15, 0.2) is 23.0 Å². The number of halogens is 1. The van der Waals surface area contributed by atoms with Crippen molar-refractivity contribution < 1.29 is 9.50 Å². The third-order valence-electron chi connectivity index (χ3n) is 4.69. The number of imidazole rings is 2. The van der Waals surface area contributed by atoms with Crippen molar-refractivity contribution >= 4 is 28.0 Å². The first-order valence-electron chi connectivity index (χ1n) is 9.04. The number of para-hydroxylation sites is 1. The third kappa shape index (κ3) is 2.92.